The van der Waals surface area contributed by atoms with Gasteiger partial charge in [0, 0.05) is 11.7 Å². The molecule has 0 fully saturated rings. The Labute approximate surface area is 128 Å². The van der Waals surface area contributed by atoms with Gasteiger partial charge in [-0.25, -0.2) is 4.98 Å². The lowest BCUT2D eigenvalue weighted by Gasteiger charge is -2.21. The Balaban J connectivity index is 2.09. The van der Waals surface area contributed by atoms with Crippen LogP contribution in [-0.4, -0.2) is 34.1 Å². The molecule has 2 aromatic rings. The molecular weight excluding hydrogens is 260 g/mol. The maximum atomic E-state index is 5.85. The molecule has 4 nitrogen and oxygen atoms in total. The van der Waals surface area contributed by atoms with Crippen molar-refractivity contribution in [1.82, 2.24) is 14.5 Å². The minimum Gasteiger partial charge on any atom is -0.399 e. The second-order valence-electron chi connectivity index (χ2n) is 5.80. The number of fused-ring (bicyclic) bond motifs is 1. The molecule has 0 bridgehead atoms. The zero-order chi connectivity index (χ0) is 15.4. The Kier molecular flexibility index (Phi) is 5.23. The number of nitrogens with zero attached hydrogens (tertiary/aromatic N) is 3. The lowest BCUT2D eigenvalue weighted by Crippen LogP contribution is -2.24. The van der Waals surface area contributed by atoms with Crippen molar-refractivity contribution in [3.8, 4) is 0 Å². The van der Waals surface area contributed by atoms with Gasteiger partial charge in [0.05, 0.1) is 11.0 Å². The van der Waals surface area contributed by atoms with E-state index in [4.69, 9.17) is 5.73 Å². The van der Waals surface area contributed by atoms with Crippen LogP contribution in [0.2, 0.25) is 0 Å². The number of nitrogens with two attached hydrogens (primary N) is 1. The lowest BCUT2D eigenvalue weighted by molar-refractivity contribution is 0.288. The van der Waals surface area contributed by atoms with Crippen molar-refractivity contribution < 1.29 is 0 Å². The molecule has 1 aromatic heterocycles. The highest BCUT2D eigenvalue weighted by molar-refractivity contribution is 5.79. The van der Waals surface area contributed by atoms with E-state index in [1.54, 1.807) is 0 Å². The van der Waals surface area contributed by atoms with E-state index in [0.717, 1.165) is 30.1 Å². The van der Waals surface area contributed by atoms with Gasteiger partial charge in [-0.1, -0.05) is 13.8 Å². The van der Waals surface area contributed by atoms with Crippen molar-refractivity contribution in [1.29, 1.82) is 0 Å². The van der Waals surface area contributed by atoms with Crippen molar-refractivity contribution in [3.05, 3.63) is 24.0 Å². The van der Waals surface area contributed by atoms with E-state index < -0.39 is 0 Å². The number of aryl methyl sites for hydroxylation is 1. The zero-order valence-corrected chi connectivity index (χ0v) is 13.8. The topological polar surface area (TPSA) is 47.1 Å². The van der Waals surface area contributed by atoms with Crippen molar-refractivity contribution in [2.45, 2.75) is 46.6 Å². The second kappa shape index (κ2) is 6.94. The first-order valence-electron chi connectivity index (χ1n) is 8.03. The summed E-state index contributed by atoms with van der Waals surface area (Å²) < 4.78 is 2.34. The average Bonchev–Trinajstić information content (AvgIpc) is 2.78. The van der Waals surface area contributed by atoms with Gasteiger partial charge < -0.3 is 15.2 Å². The number of nitrogen functional groups attached to an aromatic ring is 1. The summed E-state index contributed by atoms with van der Waals surface area (Å²) in [5.41, 5.74) is 8.82. The number of hydrogen-bond acceptors (Lipinski definition) is 3. The molecule has 0 spiro atoms. The van der Waals surface area contributed by atoms with E-state index in [9.17, 15) is 0 Å². The van der Waals surface area contributed by atoms with Crippen LogP contribution in [0.25, 0.3) is 11.0 Å². The highest BCUT2D eigenvalue weighted by Crippen LogP contribution is 2.25. The molecule has 2 N–H and O–H groups in total. The number of anilines is 1. The maximum Gasteiger partial charge on any atom is 0.106 e. The van der Waals surface area contributed by atoms with Crippen LogP contribution in [0.4, 0.5) is 5.69 Å². The monoisotopic (exact) mass is 288 g/mol. The first-order valence-corrected chi connectivity index (χ1v) is 8.03. The summed E-state index contributed by atoms with van der Waals surface area (Å²) in [4.78, 5) is 7.12. The third-order valence-electron chi connectivity index (χ3n) is 4.32. The van der Waals surface area contributed by atoms with Crippen LogP contribution in [0.3, 0.4) is 0 Å². The third-order valence-corrected chi connectivity index (χ3v) is 4.32. The van der Waals surface area contributed by atoms with Crippen LogP contribution in [-0.2, 0) is 0 Å². The molecule has 0 amide bonds. The van der Waals surface area contributed by atoms with Gasteiger partial charge in [-0.05, 0) is 64.5 Å². The van der Waals surface area contributed by atoms with Gasteiger partial charge in [0.1, 0.15) is 5.82 Å². The summed E-state index contributed by atoms with van der Waals surface area (Å²) in [5, 5.41) is 0. The Morgan fingerprint density at radius 2 is 2.00 bits per heavy atom. The molecule has 0 aliphatic carbocycles. The largest absolute Gasteiger partial charge is 0.399 e. The second-order valence-corrected chi connectivity index (χ2v) is 5.80. The lowest BCUT2D eigenvalue weighted by atomic mass is 10.1. The molecule has 2 rings (SSSR count). The van der Waals surface area contributed by atoms with Gasteiger partial charge in [0.2, 0.25) is 0 Å². The summed E-state index contributed by atoms with van der Waals surface area (Å²) in [7, 11) is 0. The summed E-state index contributed by atoms with van der Waals surface area (Å²) in [6.45, 7) is 12.3. The van der Waals surface area contributed by atoms with E-state index in [0.29, 0.717) is 6.04 Å². The Morgan fingerprint density at radius 1 is 1.29 bits per heavy atom. The number of rotatable bonds is 7. The Morgan fingerprint density at radius 3 is 2.67 bits per heavy atom. The quantitative estimate of drug-likeness (QED) is 0.792. The fourth-order valence-corrected chi connectivity index (χ4v) is 3.07. The molecule has 4 heteroatoms. The van der Waals surface area contributed by atoms with Crippen LogP contribution in [0.15, 0.2) is 18.2 Å². The summed E-state index contributed by atoms with van der Waals surface area (Å²) >= 11 is 0. The molecular formula is C17H28N4. The van der Waals surface area contributed by atoms with Crippen molar-refractivity contribution >= 4 is 16.7 Å². The van der Waals surface area contributed by atoms with Crippen molar-refractivity contribution in [3.63, 3.8) is 0 Å². The van der Waals surface area contributed by atoms with Crippen molar-refractivity contribution in [2.24, 2.45) is 0 Å². The van der Waals surface area contributed by atoms with E-state index in [2.05, 4.69) is 48.2 Å². The molecule has 1 aromatic carbocycles. The maximum absolute atomic E-state index is 5.85. The van der Waals surface area contributed by atoms with Gasteiger partial charge >= 0.3 is 0 Å². The van der Waals surface area contributed by atoms with Gasteiger partial charge in [-0.15, -0.1) is 0 Å². The Bertz CT molecular complexity index is 584. The molecule has 1 atom stereocenters. The highest BCUT2D eigenvalue weighted by Gasteiger charge is 2.13. The van der Waals surface area contributed by atoms with Crippen LogP contribution in [0.5, 0.6) is 0 Å². The predicted octanol–water partition coefficient (Wildman–Crippen LogP) is 3.61. The molecule has 1 unspecified atom stereocenters. The number of imidazole rings is 1. The van der Waals surface area contributed by atoms with Gasteiger partial charge in [-0.3, -0.25) is 0 Å². The smallest absolute Gasteiger partial charge is 0.106 e. The molecule has 0 aliphatic rings. The van der Waals surface area contributed by atoms with Crippen LogP contribution in [0, 0.1) is 6.92 Å². The average molecular weight is 288 g/mol. The normalized spacial score (nSPS) is 13.2. The molecule has 21 heavy (non-hydrogen) atoms. The summed E-state index contributed by atoms with van der Waals surface area (Å²) in [5.74, 6) is 1.07. The molecule has 116 valence electrons. The number of aromatic nitrogens is 2. The van der Waals surface area contributed by atoms with Crippen molar-refractivity contribution in [2.75, 3.05) is 25.4 Å². The van der Waals surface area contributed by atoms with E-state index >= 15 is 0 Å². The number of hydrogen-bond donors (Lipinski definition) is 1. The zero-order valence-electron chi connectivity index (χ0n) is 13.8. The van der Waals surface area contributed by atoms with E-state index in [-0.39, 0.29) is 0 Å². The first kappa shape index (κ1) is 15.8. The summed E-state index contributed by atoms with van der Waals surface area (Å²) in [6.07, 6.45) is 2.39. The summed E-state index contributed by atoms with van der Waals surface area (Å²) in [6, 6.07) is 6.48. The molecule has 0 saturated heterocycles. The standard InChI is InChI=1S/C17H28N4/c1-5-20(6-2)11-7-8-13(3)21-14(4)19-16-12-15(18)9-10-17(16)21/h9-10,12-13H,5-8,11,18H2,1-4H3. The fraction of sp³-hybridized carbons (Fsp3) is 0.588. The van der Waals surface area contributed by atoms with Gasteiger partial charge in [-0.2, -0.15) is 0 Å². The van der Waals surface area contributed by atoms with Gasteiger partial charge in [0.15, 0.2) is 0 Å². The Hall–Kier alpha value is -1.55. The van der Waals surface area contributed by atoms with E-state index in [1.165, 1.54) is 24.9 Å². The minimum absolute atomic E-state index is 0.467. The van der Waals surface area contributed by atoms with Gasteiger partial charge in [0.25, 0.3) is 0 Å². The fourth-order valence-electron chi connectivity index (χ4n) is 3.07. The molecule has 0 aliphatic heterocycles. The first-order chi connectivity index (χ1) is 10.1. The number of benzene rings is 1. The molecule has 0 saturated carbocycles. The molecule has 0 radical (unpaired) electrons. The SMILES string of the molecule is CCN(CC)CCCC(C)n1c(C)nc2cc(N)ccc21. The predicted molar refractivity (Wildman–Crippen MR) is 90.6 cm³/mol. The van der Waals surface area contributed by atoms with E-state index in [1.807, 2.05) is 12.1 Å². The van der Waals surface area contributed by atoms with Crippen LogP contribution in [0.1, 0.15) is 45.5 Å². The highest BCUT2D eigenvalue weighted by atomic mass is 15.1. The molecule has 1 heterocycles. The van der Waals surface area contributed by atoms with Crippen LogP contribution >= 0.6 is 0 Å². The third kappa shape index (κ3) is 3.56. The van der Waals surface area contributed by atoms with Crippen LogP contribution < -0.4 is 5.73 Å². The minimum atomic E-state index is 0.467.